The van der Waals surface area contributed by atoms with Crippen molar-refractivity contribution in [2.45, 2.75) is 40.2 Å². The second-order valence-electron chi connectivity index (χ2n) is 6.18. The van der Waals surface area contributed by atoms with Crippen molar-refractivity contribution in [2.24, 2.45) is 11.8 Å². The molecule has 112 valence electrons. The molecular weight excluding hydrogens is 312 g/mol. The fourth-order valence-electron chi connectivity index (χ4n) is 2.95. The van der Waals surface area contributed by atoms with Gasteiger partial charge in [-0.2, -0.15) is 0 Å². The van der Waals surface area contributed by atoms with E-state index in [1.165, 1.54) is 35.2 Å². The van der Waals surface area contributed by atoms with Gasteiger partial charge in [-0.1, -0.05) is 26.8 Å². The van der Waals surface area contributed by atoms with Crippen LogP contribution in [0.4, 0.5) is 5.69 Å². The molecule has 1 aliphatic rings. The third kappa shape index (κ3) is 3.56. The Morgan fingerprint density at radius 2 is 2.10 bits per heavy atom. The van der Waals surface area contributed by atoms with E-state index in [0.29, 0.717) is 6.04 Å². The molecule has 0 amide bonds. The lowest BCUT2D eigenvalue weighted by atomic mass is 9.88. The van der Waals surface area contributed by atoms with E-state index in [1.54, 1.807) is 0 Å². The number of benzene rings is 1. The lowest BCUT2D eigenvalue weighted by Gasteiger charge is -2.37. The molecule has 0 radical (unpaired) electrons. The predicted molar refractivity (Wildman–Crippen MR) is 91.4 cm³/mol. The Morgan fingerprint density at radius 3 is 2.70 bits per heavy atom. The van der Waals surface area contributed by atoms with E-state index in [1.807, 2.05) is 0 Å². The van der Waals surface area contributed by atoms with Gasteiger partial charge in [0.2, 0.25) is 0 Å². The smallest absolute Gasteiger partial charge is 0.0510 e. The first kappa shape index (κ1) is 15.8. The van der Waals surface area contributed by atoms with Crippen LogP contribution in [0.5, 0.6) is 0 Å². The molecule has 20 heavy (non-hydrogen) atoms. The molecule has 3 atom stereocenters. The summed E-state index contributed by atoms with van der Waals surface area (Å²) in [5, 5.41) is 3.47. The number of nitrogens with one attached hydrogen (secondary N) is 1. The van der Waals surface area contributed by atoms with Crippen molar-refractivity contribution < 1.29 is 0 Å². The van der Waals surface area contributed by atoms with Gasteiger partial charge in [-0.3, -0.25) is 0 Å². The molecule has 1 aliphatic heterocycles. The summed E-state index contributed by atoms with van der Waals surface area (Å²) >= 11 is 3.77. The first-order valence-electron chi connectivity index (χ1n) is 7.80. The molecule has 0 aromatic heterocycles. The molecule has 1 aromatic rings. The van der Waals surface area contributed by atoms with Crippen molar-refractivity contribution in [2.75, 3.05) is 24.5 Å². The summed E-state index contributed by atoms with van der Waals surface area (Å²) in [6.45, 7) is 12.5. The SMILES string of the molecule is CCNC(C)c1ccc(N2CCC(C)C(C)C2)c(Br)c1. The highest BCUT2D eigenvalue weighted by molar-refractivity contribution is 9.10. The molecule has 2 rings (SSSR count). The van der Waals surface area contributed by atoms with Crippen molar-refractivity contribution in [1.82, 2.24) is 5.32 Å². The van der Waals surface area contributed by atoms with Crippen molar-refractivity contribution in [3.05, 3.63) is 28.2 Å². The van der Waals surface area contributed by atoms with E-state index in [2.05, 4.69) is 72.0 Å². The lowest BCUT2D eigenvalue weighted by molar-refractivity contribution is 0.324. The number of halogens is 1. The fourth-order valence-corrected chi connectivity index (χ4v) is 3.60. The molecule has 1 saturated heterocycles. The van der Waals surface area contributed by atoms with Crippen molar-refractivity contribution in [3.8, 4) is 0 Å². The van der Waals surface area contributed by atoms with Gasteiger partial charge >= 0.3 is 0 Å². The average Bonchev–Trinajstić information content (AvgIpc) is 2.42. The third-order valence-electron chi connectivity index (χ3n) is 4.66. The minimum Gasteiger partial charge on any atom is -0.370 e. The van der Waals surface area contributed by atoms with Crippen molar-refractivity contribution in [3.63, 3.8) is 0 Å². The molecule has 0 spiro atoms. The summed E-state index contributed by atoms with van der Waals surface area (Å²) in [5.74, 6) is 1.62. The normalized spacial score (nSPS) is 24.8. The van der Waals surface area contributed by atoms with Crippen LogP contribution in [-0.2, 0) is 0 Å². The summed E-state index contributed by atoms with van der Waals surface area (Å²) in [6, 6.07) is 7.21. The second-order valence-corrected chi connectivity index (χ2v) is 7.03. The maximum absolute atomic E-state index is 3.77. The number of hydrogen-bond donors (Lipinski definition) is 1. The van der Waals surface area contributed by atoms with Gasteiger partial charge < -0.3 is 10.2 Å². The van der Waals surface area contributed by atoms with Crippen LogP contribution < -0.4 is 10.2 Å². The van der Waals surface area contributed by atoms with E-state index in [-0.39, 0.29) is 0 Å². The highest BCUT2D eigenvalue weighted by atomic mass is 79.9. The Kier molecular flexibility index (Phi) is 5.50. The molecule has 1 N–H and O–H groups in total. The summed E-state index contributed by atoms with van der Waals surface area (Å²) in [4.78, 5) is 2.52. The second kappa shape index (κ2) is 6.95. The molecule has 1 heterocycles. The zero-order valence-corrected chi connectivity index (χ0v) is 14.7. The molecule has 0 saturated carbocycles. The number of nitrogens with zero attached hydrogens (tertiary/aromatic N) is 1. The first-order valence-corrected chi connectivity index (χ1v) is 8.60. The first-order chi connectivity index (χ1) is 9.52. The third-order valence-corrected chi connectivity index (χ3v) is 5.29. The Labute approximate surface area is 132 Å². The van der Waals surface area contributed by atoms with Gasteiger partial charge in [-0.15, -0.1) is 0 Å². The molecule has 0 bridgehead atoms. The van der Waals surface area contributed by atoms with Crippen LogP contribution in [0.2, 0.25) is 0 Å². The highest BCUT2D eigenvalue weighted by Crippen LogP contribution is 2.33. The number of rotatable bonds is 4. The molecule has 0 aliphatic carbocycles. The molecule has 1 fully saturated rings. The van der Waals surface area contributed by atoms with Crippen molar-refractivity contribution >= 4 is 21.6 Å². The van der Waals surface area contributed by atoms with Crippen LogP contribution in [0.1, 0.15) is 45.7 Å². The van der Waals surface area contributed by atoms with E-state index >= 15 is 0 Å². The van der Waals surface area contributed by atoms with Gasteiger partial charge in [0, 0.05) is 23.6 Å². The lowest BCUT2D eigenvalue weighted by Crippen LogP contribution is -2.38. The Balaban J connectivity index is 2.13. The Bertz CT molecular complexity index is 447. The summed E-state index contributed by atoms with van der Waals surface area (Å²) in [5.41, 5.74) is 2.69. The zero-order chi connectivity index (χ0) is 14.7. The average molecular weight is 339 g/mol. The van der Waals surface area contributed by atoms with Crippen LogP contribution in [0.25, 0.3) is 0 Å². The van der Waals surface area contributed by atoms with Gasteiger partial charge in [0.1, 0.15) is 0 Å². The molecular formula is C17H27BrN2. The number of piperidine rings is 1. The van der Waals surface area contributed by atoms with Crippen LogP contribution in [0.3, 0.4) is 0 Å². The van der Waals surface area contributed by atoms with E-state index in [0.717, 1.165) is 18.4 Å². The molecule has 3 heteroatoms. The Hall–Kier alpha value is -0.540. The molecule has 2 nitrogen and oxygen atoms in total. The van der Waals surface area contributed by atoms with Crippen LogP contribution >= 0.6 is 15.9 Å². The van der Waals surface area contributed by atoms with Gasteiger partial charge in [0.25, 0.3) is 0 Å². The predicted octanol–water partition coefficient (Wildman–Crippen LogP) is 4.60. The van der Waals surface area contributed by atoms with Crippen molar-refractivity contribution in [1.29, 1.82) is 0 Å². The highest BCUT2D eigenvalue weighted by Gasteiger charge is 2.24. The van der Waals surface area contributed by atoms with Crippen LogP contribution in [-0.4, -0.2) is 19.6 Å². The van der Waals surface area contributed by atoms with Gasteiger partial charge in [0.15, 0.2) is 0 Å². The van der Waals surface area contributed by atoms with Gasteiger partial charge in [0.05, 0.1) is 5.69 Å². The van der Waals surface area contributed by atoms with E-state index < -0.39 is 0 Å². The summed E-state index contributed by atoms with van der Waals surface area (Å²) < 4.78 is 1.22. The minimum atomic E-state index is 0.408. The van der Waals surface area contributed by atoms with E-state index in [4.69, 9.17) is 0 Å². The quantitative estimate of drug-likeness (QED) is 0.862. The zero-order valence-electron chi connectivity index (χ0n) is 13.1. The van der Waals surface area contributed by atoms with E-state index in [9.17, 15) is 0 Å². The molecule has 3 unspecified atom stereocenters. The fraction of sp³-hybridized carbons (Fsp3) is 0.647. The molecule has 1 aromatic carbocycles. The number of hydrogen-bond acceptors (Lipinski definition) is 2. The summed E-state index contributed by atoms with van der Waals surface area (Å²) in [6.07, 6.45) is 1.29. The van der Waals surface area contributed by atoms with Gasteiger partial charge in [-0.05, 0) is 65.4 Å². The maximum Gasteiger partial charge on any atom is 0.0510 e. The van der Waals surface area contributed by atoms with Gasteiger partial charge in [-0.25, -0.2) is 0 Å². The van der Waals surface area contributed by atoms with Crippen LogP contribution in [0, 0.1) is 11.8 Å². The number of anilines is 1. The van der Waals surface area contributed by atoms with Crippen LogP contribution in [0.15, 0.2) is 22.7 Å². The minimum absolute atomic E-state index is 0.408. The standard InChI is InChI=1S/C17H27BrN2/c1-5-19-14(4)15-6-7-17(16(18)10-15)20-9-8-12(2)13(3)11-20/h6-7,10,12-14,19H,5,8-9,11H2,1-4H3. The summed E-state index contributed by atoms with van der Waals surface area (Å²) in [7, 11) is 0. The largest absolute Gasteiger partial charge is 0.370 e. The maximum atomic E-state index is 3.77. The topological polar surface area (TPSA) is 15.3 Å². The monoisotopic (exact) mass is 338 g/mol. The Morgan fingerprint density at radius 1 is 1.35 bits per heavy atom.